The third-order valence-corrected chi connectivity index (χ3v) is 10.8. The van der Waals surface area contributed by atoms with Crippen molar-refractivity contribution in [2.45, 2.75) is 97.1 Å². The van der Waals surface area contributed by atoms with E-state index < -0.39 is 27.3 Å². The second kappa shape index (κ2) is 16.2. The number of hydrogen-bond acceptors (Lipinski definition) is 6. The first-order valence-corrected chi connectivity index (χ1v) is 16.4. The van der Waals surface area contributed by atoms with E-state index in [-0.39, 0.29) is 25.6 Å². The summed E-state index contributed by atoms with van der Waals surface area (Å²) in [6, 6.07) is 14.0. The van der Waals surface area contributed by atoms with Crippen molar-refractivity contribution in [2.24, 2.45) is 5.41 Å². The molecule has 2 aromatic rings. The maximum absolute atomic E-state index is 13.9. The summed E-state index contributed by atoms with van der Waals surface area (Å²) in [5, 5.41) is 12.2. The van der Waals surface area contributed by atoms with E-state index in [0.717, 1.165) is 49.4 Å². The van der Waals surface area contributed by atoms with Crippen LogP contribution in [0, 0.1) is 5.41 Å². The van der Waals surface area contributed by atoms with E-state index in [1.165, 1.54) is 0 Å². The SMILES string of the molecule is C.CCCC[C@]1(CC)CS(=O)(=O)c2ccc(N(C)C)cc2[C@@H](c2cccc(OCCN(CC)C(C)CC)c2)[C@H]1O.[Cl-]. The number of rotatable bonds is 13. The molecule has 4 atom stereocenters. The summed E-state index contributed by atoms with van der Waals surface area (Å²) in [6.07, 6.45) is 3.34. The van der Waals surface area contributed by atoms with Crippen molar-refractivity contribution in [1.82, 2.24) is 4.90 Å². The number of hydrogen-bond donors (Lipinski definition) is 1. The fourth-order valence-electron chi connectivity index (χ4n) is 6.03. The molecule has 234 valence electrons. The van der Waals surface area contributed by atoms with Crippen LogP contribution < -0.4 is 22.0 Å². The minimum absolute atomic E-state index is 0. The van der Waals surface area contributed by atoms with E-state index in [0.29, 0.717) is 35.9 Å². The standard InChI is InChI=1S/C32H50N2O4S.CH4.ClH/c1-8-12-18-32(10-3)23-39(36,37)29-17-16-26(33(6)7)22-28(29)30(31(32)35)25-14-13-15-27(21-25)38-20-19-34(11-4)24(5)9-2;;/h13-17,21-22,24,30-31,35H,8-12,18-20,23H2,1-7H3;1H4;1H/p-1/t24?,30-,31-,32-;;/m1../s1. The van der Waals surface area contributed by atoms with Crippen LogP contribution in [-0.2, 0) is 9.84 Å². The highest BCUT2D eigenvalue weighted by molar-refractivity contribution is 7.91. The van der Waals surface area contributed by atoms with E-state index in [1.807, 2.05) is 62.3 Å². The summed E-state index contributed by atoms with van der Waals surface area (Å²) in [5.41, 5.74) is 1.74. The van der Waals surface area contributed by atoms with Gasteiger partial charge in [0.05, 0.1) is 16.8 Å². The number of aliphatic hydroxyl groups excluding tert-OH is 1. The molecule has 41 heavy (non-hydrogen) atoms. The Bertz CT molecular complexity index is 1190. The Morgan fingerprint density at radius 2 is 1.80 bits per heavy atom. The Hall–Kier alpha value is -1.80. The zero-order valence-corrected chi connectivity index (χ0v) is 27.1. The molecule has 0 amide bonds. The first-order chi connectivity index (χ1) is 18.5. The molecule has 1 unspecified atom stereocenters. The molecular weight excluding hydrogens is 556 g/mol. The molecular formula is C33H54ClN2O4S-. The van der Waals surface area contributed by atoms with Crippen LogP contribution in [0.15, 0.2) is 47.4 Å². The van der Waals surface area contributed by atoms with Gasteiger partial charge in [0.1, 0.15) is 12.4 Å². The van der Waals surface area contributed by atoms with E-state index in [2.05, 4.69) is 32.6 Å². The Labute approximate surface area is 256 Å². The van der Waals surface area contributed by atoms with Crippen LogP contribution in [0.5, 0.6) is 5.75 Å². The highest BCUT2D eigenvalue weighted by Gasteiger charge is 2.49. The summed E-state index contributed by atoms with van der Waals surface area (Å²) in [4.78, 5) is 4.72. The number of ether oxygens (including phenoxy) is 1. The lowest BCUT2D eigenvalue weighted by molar-refractivity contribution is -0.0000159. The number of sulfone groups is 1. The van der Waals surface area contributed by atoms with Crippen LogP contribution in [0.1, 0.15) is 91.2 Å². The van der Waals surface area contributed by atoms with Crippen molar-refractivity contribution in [3.05, 3.63) is 53.6 Å². The minimum Gasteiger partial charge on any atom is -1.00 e. The Morgan fingerprint density at radius 1 is 1.10 bits per heavy atom. The van der Waals surface area contributed by atoms with Gasteiger partial charge in [-0.15, -0.1) is 0 Å². The minimum atomic E-state index is -3.61. The van der Waals surface area contributed by atoms with Crippen LogP contribution in [-0.4, -0.2) is 70.1 Å². The van der Waals surface area contributed by atoms with Gasteiger partial charge in [-0.25, -0.2) is 8.42 Å². The molecule has 6 nitrogen and oxygen atoms in total. The Kier molecular flexibility index (Phi) is 14.7. The third kappa shape index (κ3) is 8.40. The number of benzene rings is 2. The molecule has 1 aliphatic heterocycles. The van der Waals surface area contributed by atoms with Crippen LogP contribution >= 0.6 is 0 Å². The van der Waals surface area contributed by atoms with Crippen molar-refractivity contribution >= 4 is 15.5 Å². The molecule has 8 heteroatoms. The van der Waals surface area contributed by atoms with Crippen LogP contribution in [0.4, 0.5) is 5.69 Å². The smallest absolute Gasteiger partial charge is 0.179 e. The highest BCUT2D eigenvalue weighted by atomic mass is 35.5. The molecule has 1 heterocycles. The van der Waals surface area contributed by atoms with Gasteiger partial charge in [0.25, 0.3) is 0 Å². The van der Waals surface area contributed by atoms with E-state index in [4.69, 9.17) is 4.74 Å². The van der Waals surface area contributed by atoms with Crippen LogP contribution in [0.3, 0.4) is 0 Å². The monoisotopic (exact) mass is 609 g/mol. The lowest BCUT2D eigenvalue weighted by Crippen LogP contribution is -3.00. The topological polar surface area (TPSA) is 70.1 Å². The summed E-state index contributed by atoms with van der Waals surface area (Å²) < 4.78 is 33.9. The quantitative estimate of drug-likeness (QED) is 0.373. The van der Waals surface area contributed by atoms with Gasteiger partial charge >= 0.3 is 0 Å². The lowest BCUT2D eigenvalue weighted by atomic mass is 9.69. The normalized spacial score (nSPS) is 22.1. The van der Waals surface area contributed by atoms with Gasteiger partial charge in [-0.3, -0.25) is 4.90 Å². The maximum Gasteiger partial charge on any atom is 0.179 e. The number of aliphatic hydroxyl groups is 1. The first-order valence-electron chi connectivity index (χ1n) is 14.7. The first kappa shape index (κ1) is 37.2. The number of anilines is 1. The maximum atomic E-state index is 13.9. The summed E-state index contributed by atoms with van der Waals surface area (Å²) in [5.74, 6) is 0.221. The fraction of sp³-hybridized carbons (Fsp3) is 0.636. The molecule has 0 aromatic heterocycles. The molecule has 0 fully saturated rings. The number of nitrogens with zero attached hydrogens (tertiary/aromatic N) is 2. The van der Waals surface area contributed by atoms with E-state index in [9.17, 15) is 13.5 Å². The average Bonchev–Trinajstić information content (AvgIpc) is 2.99. The van der Waals surface area contributed by atoms with Crippen LogP contribution in [0.2, 0.25) is 0 Å². The van der Waals surface area contributed by atoms with Gasteiger partial charge in [0.2, 0.25) is 0 Å². The molecule has 1 N–H and O–H groups in total. The summed E-state index contributed by atoms with van der Waals surface area (Å²) in [6.45, 7) is 13.1. The second-order valence-electron chi connectivity index (χ2n) is 11.4. The van der Waals surface area contributed by atoms with Crippen molar-refractivity contribution in [1.29, 1.82) is 0 Å². The second-order valence-corrected chi connectivity index (χ2v) is 13.4. The molecule has 1 aliphatic rings. The van der Waals surface area contributed by atoms with Crippen molar-refractivity contribution in [3.63, 3.8) is 0 Å². The van der Waals surface area contributed by atoms with Crippen LogP contribution in [0.25, 0.3) is 0 Å². The molecule has 0 saturated heterocycles. The lowest BCUT2D eigenvalue weighted by Gasteiger charge is -2.39. The van der Waals surface area contributed by atoms with Gasteiger partial charge in [0, 0.05) is 43.7 Å². The number of likely N-dealkylation sites (N-methyl/N-ethyl adjacent to an activating group) is 1. The molecule has 0 spiro atoms. The van der Waals surface area contributed by atoms with E-state index in [1.54, 1.807) is 6.07 Å². The molecule has 0 aliphatic carbocycles. The molecule has 0 bridgehead atoms. The predicted molar refractivity (Wildman–Crippen MR) is 169 cm³/mol. The van der Waals surface area contributed by atoms with Gasteiger partial charge in [-0.2, -0.15) is 0 Å². The molecule has 0 radical (unpaired) electrons. The molecule has 3 rings (SSSR count). The highest BCUT2D eigenvalue weighted by Crippen LogP contribution is 2.49. The zero-order chi connectivity index (χ0) is 28.8. The van der Waals surface area contributed by atoms with E-state index >= 15 is 0 Å². The Morgan fingerprint density at radius 3 is 2.39 bits per heavy atom. The molecule has 0 saturated carbocycles. The summed E-state index contributed by atoms with van der Waals surface area (Å²) in [7, 11) is 0.288. The number of halogens is 1. The largest absolute Gasteiger partial charge is 1.00 e. The predicted octanol–water partition coefficient (Wildman–Crippen LogP) is 3.76. The molecule has 2 aromatic carbocycles. The van der Waals surface area contributed by atoms with Crippen molar-refractivity contribution in [3.8, 4) is 5.75 Å². The van der Waals surface area contributed by atoms with Crippen molar-refractivity contribution in [2.75, 3.05) is 44.4 Å². The zero-order valence-electron chi connectivity index (χ0n) is 25.5. The fourth-order valence-corrected chi connectivity index (χ4v) is 8.28. The number of unbranched alkanes of at least 4 members (excludes halogenated alkanes) is 1. The van der Waals surface area contributed by atoms with Gasteiger partial charge in [-0.1, -0.05) is 60.1 Å². The van der Waals surface area contributed by atoms with Gasteiger partial charge in [-0.05, 0) is 74.2 Å². The number of fused-ring (bicyclic) bond motifs is 1. The summed E-state index contributed by atoms with van der Waals surface area (Å²) >= 11 is 0. The third-order valence-electron chi connectivity index (χ3n) is 8.82. The van der Waals surface area contributed by atoms with Crippen molar-refractivity contribution < 1.29 is 30.7 Å². The average molecular weight is 610 g/mol. The Balaban J connectivity index is 0.00000420. The van der Waals surface area contributed by atoms with Gasteiger partial charge in [0.15, 0.2) is 9.84 Å². The van der Waals surface area contributed by atoms with Gasteiger partial charge < -0.3 is 27.2 Å².